The molecule has 0 heterocycles. The molecule has 0 saturated heterocycles. The molecule has 0 radical (unpaired) electrons. The Bertz CT molecular complexity index is 301. The van der Waals surface area contributed by atoms with Crippen molar-refractivity contribution in [1.82, 2.24) is 0 Å². The zero-order chi connectivity index (χ0) is 15.4. The van der Waals surface area contributed by atoms with Crippen LogP contribution >= 0.6 is 0 Å². The van der Waals surface area contributed by atoms with Gasteiger partial charge < -0.3 is 0 Å². The molecule has 0 rings (SSSR count). The maximum atomic E-state index is 12.1. The molecule has 0 aromatic heterocycles. The summed E-state index contributed by atoms with van der Waals surface area (Å²) >= 11 is 0. The third kappa shape index (κ3) is 4.96. The van der Waals surface area contributed by atoms with Crippen LogP contribution in [0.3, 0.4) is 0 Å². The van der Waals surface area contributed by atoms with E-state index in [0.29, 0.717) is 0 Å². The monoisotopic (exact) mass is 288 g/mol. The van der Waals surface area contributed by atoms with Crippen molar-refractivity contribution in [2.24, 2.45) is 0 Å². The summed E-state index contributed by atoms with van der Waals surface area (Å²) in [4.78, 5) is 20.2. The number of ketones is 2. The van der Waals surface area contributed by atoms with Crippen LogP contribution in [0.1, 0.15) is 20.3 Å². The molecule has 0 unspecified atom stereocenters. The second kappa shape index (κ2) is 6.10. The summed E-state index contributed by atoms with van der Waals surface area (Å²) in [6.45, 7) is 4.00. The van der Waals surface area contributed by atoms with Crippen LogP contribution in [0.15, 0.2) is 0 Å². The van der Waals surface area contributed by atoms with Crippen LogP contribution in [0.25, 0.3) is 0 Å². The van der Waals surface area contributed by atoms with Crippen LogP contribution in [0.5, 0.6) is 0 Å². The Hall–Kier alpha value is -1.22. The van der Waals surface area contributed by atoms with E-state index in [-0.39, 0.29) is 0 Å². The van der Waals surface area contributed by atoms with Crippen molar-refractivity contribution < 1.29 is 44.7 Å². The largest absolute Gasteiger partial charge is 0.461 e. The van der Waals surface area contributed by atoms with Gasteiger partial charge in [-0.2, -0.15) is 35.1 Å². The van der Waals surface area contributed by atoms with Gasteiger partial charge in [0.1, 0.15) is 0 Å². The quantitative estimate of drug-likeness (QED) is 0.590. The Morgan fingerprint density at radius 3 is 1.33 bits per heavy atom. The van der Waals surface area contributed by atoms with E-state index in [1.807, 2.05) is 13.8 Å². The Morgan fingerprint density at radius 2 is 1.11 bits per heavy atom. The molecule has 0 saturated carbocycles. The molecule has 18 heavy (non-hydrogen) atoms. The van der Waals surface area contributed by atoms with E-state index in [2.05, 4.69) is 0 Å². The molecule has 0 aliphatic heterocycles. The Kier molecular flexibility index (Phi) is 6.48. The highest BCUT2D eigenvalue weighted by molar-refractivity contribution is 6.04. The Balaban J connectivity index is 0. The summed E-state index contributed by atoms with van der Waals surface area (Å²) < 4.78 is 93.0. The summed E-state index contributed by atoms with van der Waals surface area (Å²) in [5, 5.41) is 0. The van der Waals surface area contributed by atoms with Gasteiger partial charge >= 0.3 is 18.3 Å². The van der Waals surface area contributed by atoms with Crippen LogP contribution in [0.4, 0.5) is 35.1 Å². The second-order valence-corrected chi connectivity index (χ2v) is 2.59. The molecule has 0 aliphatic carbocycles. The van der Waals surface area contributed by atoms with Gasteiger partial charge in [-0.05, 0) is 0 Å². The zero-order valence-electron chi connectivity index (χ0n) is 9.05. The van der Waals surface area contributed by atoms with Gasteiger partial charge in [0.15, 0.2) is 0 Å². The minimum Gasteiger partial charge on any atom is -0.292 e. The molecule has 0 aromatic rings. The van der Waals surface area contributed by atoms with E-state index in [1.54, 1.807) is 0 Å². The second-order valence-electron chi connectivity index (χ2n) is 2.59. The van der Waals surface area contributed by atoms with Crippen molar-refractivity contribution >= 4 is 11.6 Å². The fraction of sp³-hybridized carbons (Fsp3) is 0.750. The third-order valence-corrected chi connectivity index (χ3v) is 1.34. The summed E-state index contributed by atoms with van der Waals surface area (Å²) in [5.41, 5.74) is 0. The first kappa shape index (κ1) is 19.1. The minimum atomic E-state index is -6.32. The minimum absolute atomic E-state index is 2.00. The van der Waals surface area contributed by atoms with E-state index in [9.17, 15) is 44.7 Å². The first-order valence-corrected chi connectivity index (χ1v) is 4.38. The lowest BCUT2D eigenvalue weighted by Crippen LogP contribution is -2.45. The van der Waals surface area contributed by atoms with Crippen molar-refractivity contribution in [3.05, 3.63) is 0 Å². The van der Waals surface area contributed by atoms with Gasteiger partial charge in [0.25, 0.3) is 0 Å². The lowest BCUT2D eigenvalue weighted by atomic mass is 10.1. The maximum absolute atomic E-state index is 12.1. The van der Waals surface area contributed by atoms with Crippen LogP contribution in [-0.2, 0) is 9.59 Å². The standard InChI is InChI=1S/C6H2F8O2.C2H6/c7-4(8,6(12,13)14)2(15)1-3(16)5(9,10)11;1-2/h1H2;1-2H3. The Labute approximate surface area is 95.9 Å². The summed E-state index contributed by atoms with van der Waals surface area (Å²) in [7, 11) is 0. The predicted octanol–water partition coefficient (Wildman–Crippen LogP) is 3.30. The van der Waals surface area contributed by atoms with E-state index in [1.165, 1.54) is 0 Å². The van der Waals surface area contributed by atoms with Crippen molar-refractivity contribution in [3.63, 3.8) is 0 Å². The Morgan fingerprint density at radius 1 is 0.778 bits per heavy atom. The van der Waals surface area contributed by atoms with Crippen molar-refractivity contribution in [2.45, 2.75) is 38.5 Å². The first-order chi connectivity index (χ1) is 7.80. The molecule has 0 fully saturated rings. The molecule has 0 spiro atoms. The molecule has 108 valence electrons. The number of alkyl halides is 8. The van der Waals surface area contributed by atoms with Crippen LogP contribution in [-0.4, -0.2) is 29.8 Å². The molecular weight excluding hydrogens is 280 g/mol. The lowest BCUT2D eigenvalue weighted by molar-refractivity contribution is -0.268. The SMILES string of the molecule is CC.O=C(CC(=O)C(F)(F)C(F)(F)F)C(F)(F)F. The number of Topliss-reactive ketones (excluding diaryl/α,β-unsaturated/α-hetero) is 2. The molecule has 0 aromatic carbocycles. The number of carbonyl (C=O) groups is 2. The smallest absolute Gasteiger partial charge is 0.292 e. The van der Waals surface area contributed by atoms with Gasteiger partial charge in [0, 0.05) is 0 Å². The highest BCUT2D eigenvalue weighted by Gasteiger charge is 2.63. The third-order valence-electron chi connectivity index (χ3n) is 1.34. The topological polar surface area (TPSA) is 34.1 Å². The van der Waals surface area contributed by atoms with E-state index < -0.39 is 36.3 Å². The van der Waals surface area contributed by atoms with Crippen LogP contribution < -0.4 is 0 Å². The van der Waals surface area contributed by atoms with E-state index >= 15 is 0 Å². The van der Waals surface area contributed by atoms with Crippen LogP contribution in [0.2, 0.25) is 0 Å². The van der Waals surface area contributed by atoms with Crippen molar-refractivity contribution in [3.8, 4) is 0 Å². The van der Waals surface area contributed by atoms with Gasteiger partial charge in [0.05, 0.1) is 6.42 Å². The first-order valence-electron chi connectivity index (χ1n) is 4.38. The molecule has 0 N–H and O–H groups in total. The zero-order valence-corrected chi connectivity index (χ0v) is 9.05. The maximum Gasteiger partial charge on any atom is 0.461 e. The summed E-state index contributed by atoms with van der Waals surface area (Å²) in [5.74, 6) is -12.1. The van der Waals surface area contributed by atoms with E-state index in [0.717, 1.165) is 0 Å². The molecule has 10 heteroatoms. The summed E-state index contributed by atoms with van der Waals surface area (Å²) in [6.07, 6.45) is -14.5. The fourth-order valence-corrected chi connectivity index (χ4v) is 0.515. The fourth-order valence-electron chi connectivity index (χ4n) is 0.515. The average Bonchev–Trinajstić information content (AvgIpc) is 2.17. The molecule has 0 aliphatic rings. The van der Waals surface area contributed by atoms with Gasteiger partial charge in [-0.3, -0.25) is 9.59 Å². The number of hydrogen-bond acceptors (Lipinski definition) is 2. The molecule has 0 amide bonds. The number of halogens is 8. The average molecular weight is 288 g/mol. The van der Waals surface area contributed by atoms with Gasteiger partial charge in [-0.1, -0.05) is 13.8 Å². The lowest BCUT2D eigenvalue weighted by Gasteiger charge is -2.17. The molecule has 0 atom stereocenters. The van der Waals surface area contributed by atoms with Crippen molar-refractivity contribution in [2.75, 3.05) is 0 Å². The van der Waals surface area contributed by atoms with E-state index in [4.69, 9.17) is 0 Å². The number of carbonyl (C=O) groups excluding carboxylic acids is 2. The normalized spacial score (nSPS) is 12.6. The number of rotatable bonds is 3. The number of hydrogen-bond donors (Lipinski definition) is 0. The summed E-state index contributed by atoms with van der Waals surface area (Å²) in [6, 6.07) is 0. The van der Waals surface area contributed by atoms with Gasteiger partial charge in [-0.25, -0.2) is 0 Å². The van der Waals surface area contributed by atoms with Crippen molar-refractivity contribution in [1.29, 1.82) is 0 Å². The highest BCUT2D eigenvalue weighted by atomic mass is 19.4. The molecular formula is C8H8F8O2. The van der Waals surface area contributed by atoms with Crippen LogP contribution in [0, 0.1) is 0 Å². The highest BCUT2D eigenvalue weighted by Crippen LogP contribution is 2.37. The molecule has 0 bridgehead atoms. The van der Waals surface area contributed by atoms with Gasteiger partial charge in [0.2, 0.25) is 11.6 Å². The predicted molar refractivity (Wildman–Crippen MR) is 43.0 cm³/mol. The molecule has 2 nitrogen and oxygen atoms in total. The van der Waals surface area contributed by atoms with Gasteiger partial charge in [-0.15, -0.1) is 0 Å².